The van der Waals surface area contributed by atoms with E-state index in [4.69, 9.17) is 28.8 Å². The Morgan fingerprint density at radius 3 is 2.69 bits per heavy atom. The van der Waals surface area contributed by atoms with Gasteiger partial charge < -0.3 is 27.6 Å². The van der Waals surface area contributed by atoms with Gasteiger partial charge in [0.15, 0.2) is 0 Å². The summed E-state index contributed by atoms with van der Waals surface area (Å²) in [5.41, 5.74) is 20.0. The van der Waals surface area contributed by atoms with E-state index in [2.05, 4.69) is 10.4 Å². The quantitative estimate of drug-likeness (QED) is 0.519. The molecule has 0 radical (unpaired) electrons. The molecule has 0 atom stereocenters. The highest BCUT2D eigenvalue weighted by Crippen LogP contribution is 2.31. The number of piperidine rings is 1. The number of rotatable bonds is 4. The lowest BCUT2D eigenvalue weighted by Crippen LogP contribution is -2.29. The molecular weight excluding hydrogens is 352 g/mol. The van der Waals surface area contributed by atoms with E-state index in [0.717, 1.165) is 31.5 Å². The SMILES string of the molecule is NC(N)=C(/C=C(\N)c1cccc(Cl)c1O)c1cnn(C2CCNCC2)c1. The number of phenols is 1. The van der Waals surface area contributed by atoms with Crippen LogP contribution in [0.1, 0.15) is 30.0 Å². The summed E-state index contributed by atoms with van der Waals surface area (Å²) in [4.78, 5) is 0. The minimum absolute atomic E-state index is 0.0803. The number of allylic oxidation sites excluding steroid dienone is 2. The van der Waals surface area contributed by atoms with Crippen LogP contribution in [-0.2, 0) is 0 Å². The Morgan fingerprint density at radius 2 is 2.00 bits per heavy atom. The highest BCUT2D eigenvalue weighted by molar-refractivity contribution is 6.32. The van der Waals surface area contributed by atoms with Gasteiger partial charge in [0.05, 0.1) is 17.3 Å². The van der Waals surface area contributed by atoms with Gasteiger partial charge in [-0.2, -0.15) is 5.10 Å². The van der Waals surface area contributed by atoms with Crippen LogP contribution < -0.4 is 22.5 Å². The zero-order valence-electron chi connectivity index (χ0n) is 14.3. The minimum atomic E-state index is -0.0803. The van der Waals surface area contributed by atoms with E-state index in [1.165, 1.54) is 0 Å². The number of aromatic nitrogens is 2. The number of nitrogens with one attached hydrogen (secondary N) is 1. The third-order valence-electron chi connectivity index (χ3n) is 4.50. The highest BCUT2D eigenvalue weighted by Gasteiger charge is 2.17. The second-order valence-electron chi connectivity index (χ2n) is 6.29. The van der Waals surface area contributed by atoms with Gasteiger partial charge in [-0.1, -0.05) is 17.7 Å². The number of halogens is 1. The smallest absolute Gasteiger partial charge is 0.143 e. The summed E-state index contributed by atoms with van der Waals surface area (Å²) in [6.45, 7) is 1.95. The molecule has 7 nitrogen and oxygen atoms in total. The number of para-hydroxylation sites is 1. The molecule has 1 fully saturated rings. The molecule has 26 heavy (non-hydrogen) atoms. The van der Waals surface area contributed by atoms with Crippen molar-refractivity contribution in [3.8, 4) is 5.75 Å². The van der Waals surface area contributed by atoms with Crippen molar-refractivity contribution >= 4 is 22.9 Å². The van der Waals surface area contributed by atoms with E-state index in [0.29, 0.717) is 22.9 Å². The van der Waals surface area contributed by atoms with Gasteiger partial charge in [-0.05, 0) is 44.1 Å². The molecule has 2 aromatic rings. The van der Waals surface area contributed by atoms with E-state index >= 15 is 0 Å². The normalized spacial score (nSPS) is 15.8. The van der Waals surface area contributed by atoms with E-state index in [1.807, 2.05) is 10.9 Å². The molecule has 0 amide bonds. The van der Waals surface area contributed by atoms with E-state index < -0.39 is 0 Å². The fourth-order valence-electron chi connectivity index (χ4n) is 3.06. The first-order valence-electron chi connectivity index (χ1n) is 8.43. The first-order chi connectivity index (χ1) is 12.5. The average Bonchev–Trinajstić information content (AvgIpc) is 3.12. The Balaban J connectivity index is 1.92. The number of benzene rings is 1. The van der Waals surface area contributed by atoms with Crippen LogP contribution >= 0.6 is 11.6 Å². The maximum atomic E-state index is 10.1. The monoisotopic (exact) mass is 374 g/mol. The lowest BCUT2D eigenvalue weighted by atomic mass is 10.0. The second kappa shape index (κ2) is 7.72. The van der Waals surface area contributed by atoms with Crippen LogP contribution in [-0.4, -0.2) is 28.0 Å². The van der Waals surface area contributed by atoms with Gasteiger partial charge in [0.1, 0.15) is 11.6 Å². The second-order valence-corrected chi connectivity index (χ2v) is 6.70. The molecule has 0 aliphatic carbocycles. The maximum absolute atomic E-state index is 10.1. The first-order valence-corrected chi connectivity index (χ1v) is 8.80. The van der Waals surface area contributed by atoms with Crippen LogP contribution in [0.3, 0.4) is 0 Å². The zero-order valence-corrected chi connectivity index (χ0v) is 15.1. The molecular formula is C18H23ClN6O. The van der Waals surface area contributed by atoms with Crippen molar-refractivity contribution in [2.24, 2.45) is 17.2 Å². The van der Waals surface area contributed by atoms with Gasteiger partial charge in [0.25, 0.3) is 0 Å². The Labute approximate surface area is 157 Å². The highest BCUT2D eigenvalue weighted by atomic mass is 35.5. The third kappa shape index (κ3) is 3.79. The lowest BCUT2D eigenvalue weighted by Gasteiger charge is -2.22. The third-order valence-corrected chi connectivity index (χ3v) is 4.81. The number of nitrogens with two attached hydrogens (primary N) is 3. The molecule has 1 aliphatic heterocycles. The van der Waals surface area contributed by atoms with Crippen molar-refractivity contribution in [1.29, 1.82) is 0 Å². The molecule has 0 spiro atoms. The Morgan fingerprint density at radius 1 is 1.27 bits per heavy atom. The first kappa shape index (κ1) is 18.2. The van der Waals surface area contributed by atoms with Gasteiger partial charge in [0, 0.05) is 28.6 Å². The minimum Gasteiger partial charge on any atom is -0.506 e. The summed E-state index contributed by atoms with van der Waals surface area (Å²) in [5.74, 6) is 0.0441. The van der Waals surface area contributed by atoms with Gasteiger partial charge in [-0.15, -0.1) is 0 Å². The van der Waals surface area contributed by atoms with Crippen molar-refractivity contribution in [1.82, 2.24) is 15.1 Å². The molecule has 1 aromatic carbocycles. The van der Waals surface area contributed by atoms with Gasteiger partial charge in [0.2, 0.25) is 0 Å². The van der Waals surface area contributed by atoms with Gasteiger partial charge in [-0.3, -0.25) is 4.68 Å². The summed E-state index contributed by atoms with van der Waals surface area (Å²) in [5, 5.41) is 18.1. The summed E-state index contributed by atoms with van der Waals surface area (Å²) >= 11 is 5.95. The van der Waals surface area contributed by atoms with Crippen LogP contribution in [0, 0.1) is 0 Å². The van der Waals surface area contributed by atoms with E-state index in [1.54, 1.807) is 30.5 Å². The number of aromatic hydroxyl groups is 1. The van der Waals surface area contributed by atoms with E-state index in [9.17, 15) is 5.11 Å². The van der Waals surface area contributed by atoms with Gasteiger partial charge in [-0.25, -0.2) is 0 Å². The van der Waals surface area contributed by atoms with Crippen LogP contribution in [0.4, 0.5) is 0 Å². The summed E-state index contributed by atoms with van der Waals surface area (Å²) in [6, 6.07) is 5.33. The lowest BCUT2D eigenvalue weighted by molar-refractivity contribution is 0.343. The summed E-state index contributed by atoms with van der Waals surface area (Å²) in [7, 11) is 0. The fourth-order valence-corrected chi connectivity index (χ4v) is 3.24. The Hall–Kier alpha value is -2.64. The van der Waals surface area contributed by atoms with E-state index in [-0.39, 0.29) is 16.6 Å². The average molecular weight is 375 g/mol. The Bertz CT molecular complexity index is 847. The van der Waals surface area contributed by atoms with Crippen molar-refractivity contribution in [3.63, 3.8) is 0 Å². The van der Waals surface area contributed by atoms with Crippen molar-refractivity contribution in [2.75, 3.05) is 13.1 Å². The largest absolute Gasteiger partial charge is 0.506 e. The molecule has 8 heteroatoms. The molecule has 1 aliphatic rings. The summed E-state index contributed by atoms with van der Waals surface area (Å²) in [6.07, 6.45) is 7.31. The molecule has 0 unspecified atom stereocenters. The maximum Gasteiger partial charge on any atom is 0.143 e. The zero-order chi connectivity index (χ0) is 18.7. The fraction of sp³-hybridized carbons (Fsp3) is 0.278. The number of hydrogen-bond acceptors (Lipinski definition) is 6. The Kier molecular flexibility index (Phi) is 5.39. The van der Waals surface area contributed by atoms with Crippen LogP contribution in [0.2, 0.25) is 5.02 Å². The van der Waals surface area contributed by atoms with Crippen LogP contribution in [0.15, 0.2) is 42.5 Å². The molecule has 2 heterocycles. The summed E-state index contributed by atoms with van der Waals surface area (Å²) < 4.78 is 1.94. The van der Waals surface area contributed by atoms with Crippen molar-refractivity contribution < 1.29 is 5.11 Å². The molecule has 138 valence electrons. The molecule has 1 aromatic heterocycles. The number of hydrogen-bond donors (Lipinski definition) is 5. The van der Waals surface area contributed by atoms with Crippen LogP contribution in [0.5, 0.6) is 5.75 Å². The predicted octanol–water partition coefficient (Wildman–Crippen LogP) is 1.75. The standard InChI is InChI=1S/C18H23ClN6O/c19-15-3-1-2-13(17(15)26)16(20)8-14(18(21)22)11-9-24-25(10-11)12-4-6-23-7-5-12/h1-3,8-10,12,23,26H,4-7,20-22H2/b16-8-. The van der Waals surface area contributed by atoms with Gasteiger partial charge >= 0.3 is 0 Å². The number of nitrogens with zero attached hydrogens (tertiary/aromatic N) is 2. The molecule has 3 rings (SSSR count). The number of phenolic OH excluding ortho intramolecular Hbond substituents is 1. The van der Waals surface area contributed by atoms with Crippen molar-refractivity contribution in [3.05, 3.63) is 58.6 Å². The molecule has 8 N–H and O–H groups in total. The van der Waals surface area contributed by atoms with Crippen molar-refractivity contribution in [2.45, 2.75) is 18.9 Å². The molecule has 0 bridgehead atoms. The predicted molar refractivity (Wildman–Crippen MR) is 104 cm³/mol. The molecule has 1 saturated heterocycles. The van der Waals surface area contributed by atoms with Crippen LogP contribution in [0.25, 0.3) is 11.3 Å². The topological polar surface area (TPSA) is 128 Å². The molecule has 0 saturated carbocycles.